The first-order chi connectivity index (χ1) is 5.21. The summed E-state index contributed by atoms with van der Waals surface area (Å²) >= 11 is 7.45. The van der Waals surface area contributed by atoms with E-state index in [1.54, 1.807) is 11.9 Å². The summed E-state index contributed by atoms with van der Waals surface area (Å²) in [5, 5.41) is 1.99. The third kappa shape index (κ3) is 10.2. The third-order valence-electron chi connectivity index (χ3n) is 0.771. The van der Waals surface area contributed by atoms with E-state index < -0.39 is 10.5 Å². The quantitative estimate of drug-likeness (QED) is 0.212. The average molecular weight is 236 g/mol. The number of alkyl halides is 1. The van der Waals surface area contributed by atoms with Crippen LogP contribution in [-0.2, 0) is 10.5 Å². The molecule has 1 unspecified atom stereocenters. The van der Waals surface area contributed by atoms with Crippen molar-refractivity contribution in [2.45, 2.75) is 11.9 Å². The van der Waals surface area contributed by atoms with Crippen molar-refractivity contribution in [2.24, 2.45) is 0 Å². The van der Waals surface area contributed by atoms with Gasteiger partial charge in [-0.25, -0.2) is 8.42 Å². The summed E-state index contributed by atoms with van der Waals surface area (Å²) in [6.07, 6.45) is 1.97. The fraction of sp³-hybridized carbons (Fsp3) is 0.500. The minimum absolute atomic E-state index is 0.176. The molecule has 1 aliphatic rings. The number of hydrogen-bond acceptors (Lipinski definition) is 4. The van der Waals surface area contributed by atoms with Gasteiger partial charge in [0.1, 0.15) is 11.9 Å². The molecule has 1 heterocycles. The van der Waals surface area contributed by atoms with E-state index in [0.29, 0.717) is 0 Å². The Morgan fingerprint density at radius 3 is 2.25 bits per heavy atom. The first-order valence-electron chi connectivity index (χ1n) is 2.73. The summed E-state index contributed by atoms with van der Waals surface area (Å²) in [5.74, 6) is 0. The molecule has 1 aliphatic heterocycles. The van der Waals surface area contributed by atoms with Gasteiger partial charge < -0.3 is 4.55 Å². The van der Waals surface area contributed by atoms with Crippen LogP contribution in [0.1, 0.15) is 6.92 Å². The Hall–Kier alpha value is 0.180. The summed E-state index contributed by atoms with van der Waals surface area (Å²) < 4.78 is 37.3. The molecule has 12 heavy (non-hydrogen) atoms. The molecule has 1 rings (SSSR count). The fourth-order valence-corrected chi connectivity index (χ4v) is 1.46. The van der Waals surface area contributed by atoms with E-state index in [2.05, 4.69) is 0 Å². The summed E-state index contributed by atoms with van der Waals surface area (Å²) in [5.41, 5.74) is 0. The number of halogens is 2. The molecule has 8 heteroatoms. The minimum Gasteiger partial charge on any atom is -0.722 e. The second-order valence-electron chi connectivity index (χ2n) is 2.10. The molecule has 4 nitrogen and oxygen atoms in total. The van der Waals surface area contributed by atoms with Crippen molar-refractivity contribution in [1.82, 2.24) is 0 Å². The maximum Gasteiger partial charge on any atom is 0.255 e. The van der Waals surface area contributed by atoms with E-state index in [9.17, 15) is 3.89 Å². The summed E-state index contributed by atoms with van der Waals surface area (Å²) in [4.78, 5) is -0.176. The molecule has 0 spiro atoms. The van der Waals surface area contributed by atoms with Gasteiger partial charge in [-0.3, -0.25) is 4.72 Å². The molecule has 0 saturated heterocycles. The van der Waals surface area contributed by atoms with Crippen molar-refractivity contribution in [2.75, 3.05) is 0 Å². The van der Waals surface area contributed by atoms with Crippen LogP contribution in [0.3, 0.4) is 0 Å². The van der Waals surface area contributed by atoms with Crippen LogP contribution in [0.4, 0.5) is 3.89 Å². The van der Waals surface area contributed by atoms with Crippen molar-refractivity contribution < 1.29 is 21.6 Å². The van der Waals surface area contributed by atoms with Gasteiger partial charge in [-0.1, -0.05) is 0 Å². The Labute approximate surface area is 79.3 Å². The summed E-state index contributed by atoms with van der Waals surface area (Å²) in [7, 11) is -5.42. The fourth-order valence-electron chi connectivity index (χ4n) is 0.384. The molecule has 0 aromatic heterocycles. The molecule has 0 aromatic rings. The second kappa shape index (κ2) is 4.43. The highest BCUT2D eigenvalue weighted by atomic mass is 35.5. The van der Waals surface area contributed by atoms with Crippen LogP contribution >= 0.6 is 23.5 Å². The highest BCUT2D eigenvalue weighted by Crippen LogP contribution is 2.13. The highest BCUT2D eigenvalue weighted by Gasteiger charge is 2.24. The molecular weight excluding hydrogens is 229 g/mol. The van der Waals surface area contributed by atoms with Crippen molar-refractivity contribution in [3.63, 3.8) is 0 Å². The molecule has 1 atom stereocenters. The predicted octanol–water partition coefficient (Wildman–Crippen LogP) is 0.0964. The Bertz CT molecular complexity index is 255. The van der Waals surface area contributed by atoms with E-state index in [0.717, 1.165) is 0 Å². The van der Waals surface area contributed by atoms with Gasteiger partial charge in [0.2, 0.25) is 0 Å². The van der Waals surface area contributed by atoms with Gasteiger partial charge in [0.05, 0.1) is 0 Å². The smallest absolute Gasteiger partial charge is 0.255 e. The Kier molecular flexibility index (Phi) is 4.49. The molecule has 0 radical (unpaired) electrons. The van der Waals surface area contributed by atoms with Gasteiger partial charge in [-0.2, -0.15) is 0 Å². The van der Waals surface area contributed by atoms with Crippen molar-refractivity contribution >= 4 is 34.1 Å². The summed E-state index contributed by atoms with van der Waals surface area (Å²) in [6, 6.07) is 0. The largest absolute Gasteiger partial charge is 0.722 e. The second-order valence-corrected chi connectivity index (χ2v) is 4.48. The Morgan fingerprint density at radius 2 is 2.17 bits per heavy atom. The van der Waals surface area contributed by atoms with Crippen LogP contribution in [0.2, 0.25) is 0 Å². The van der Waals surface area contributed by atoms with Crippen LogP contribution in [0.5, 0.6) is 0 Å². The van der Waals surface area contributed by atoms with Crippen molar-refractivity contribution in [3.8, 4) is 0 Å². The number of rotatable bonds is 0. The molecule has 0 saturated carbocycles. The summed E-state index contributed by atoms with van der Waals surface area (Å²) in [6.45, 7) is 1.96. The minimum atomic E-state index is -5.42. The molecule has 0 bridgehead atoms. The zero-order chi connectivity index (χ0) is 9.83. The van der Waals surface area contributed by atoms with Gasteiger partial charge in [0.15, 0.2) is 5.00 Å². The maximum absolute atomic E-state index is 10.1. The SMILES string of the molecule is CC1(Cl)C=CS[NH2+]1.O=S(=O)([O-])F. The molecular formula is C4H7ClFNO3S2. The lowest BCUT2D eigenvalue weighted by Crippen LogP contribution is -2.84. The number of nitrogens with two attached hydrogens (primary N) is 1. The molecule has 0 aliphatic carbocycles. The van der Waals surface area contributed by atoms with Crippen molar-refractivity contribution in [3.05, 3.63) is 11.5 Å². The van der Waals surface area contributed by atoms with E-state index in [1.165, 1.54) is 0 Å². The Balaban J connectivity index is 0.000000217. The normalized spacial score (nSPS) is 28.0. The lowest BCUT2D eigenvalue weighted by Gasteiger charge is -2.04. The van der Waals surface area contributed by atoms with E-state index >= 15 is 0 Å². The number of quaternary nitrogens is 1. The predicted molar refractivity (Wildman–Crippen MR) is 43.7 cm³/mol. The zero-order valence-corrected chi connectivity index (χ0v) is 8.42. The average Bonchev–Trinajstić information content (AvgIpc) is 2.08. The Morgan fingerprint density at radius 1 is 1.75 bits per heavy atom. The zero-order valence-electron chi connectivity index (χ0n) is 6.03. The van der Waals surface area contributed by atoms with Crippen LogP contribution < -0.4 is 4.72 Å². The van der Waals surface area contributed by atoms with Gasteiger partial charge >= 0.3 is 0 Å². The maximum atomic E-state index is 10.1. The first kappa shape index (κ1) is 12.2. The van der Waals surface area contributed by atoms with Gasteiger partial charge in [-0.15, -0.1) is 3.89 Å². The molecule has 2 N–H and O–H groups in total. The van der Waals surface area contributed by atoms with Crippen LogP contribution in [0.15, 0.2) is 11.5 Å². The van der Waals surface area contributed by atoms with Crippen molar-refractivity contribution in [1.29, 1.82) is 0 Å². The van der Waals surface area contributed by atoms with Gasteiger partial charge in [-0.05, 0) is 11.6 Å². The molecule has 0 fully saturated rings. The van der Waals surface area contributed by atoms with Crippen LogP contribution in [-0.4, -0.2) is 18.0 Å². The van der Waals surface area contributed by atoms with E-state index in [1.807, 2.05) is 23.1 Å². The number of hydrogen-bond donors (Lipinski definition) is 1. The molecule has 0 amide bonds. The lowest BCUT2D eigenvalue weighted by atomic mass is 10.4. The molecule has 72 valence electrons. The topological polar surface area (TPSA) is 73.8 Å². The first-order valence-corrected chi connectivity index (χ1v) is 5.35. The highest BCUT2D eigenvalue weighted by molar-refractivity contribution is 7.95. The molecule has 0 aromatic carbocycles. The lowest BCUT2D eigenvalue weighted by molar-refractivity contribution is -0.521. The third-order valence-corrected chi connectivity index (χ3v) is 2.05. The van der Waals surface area contributed by atoms with E-state index in [-0.39, 0.29) is 5.00 Å². The van der Waals surface area contributed by atoms with Crippen LogP contribution in [0.25, 0.3) is 0 Å². The van der Waals surface area contributed by atoms with Gasteiger partial charge in [0, 0.05) is 18.4 Å². The van der Waals surface area contributed by atoms with Gasteiger partial charge in [0.25, 0.3) is 10.5 Å². The van der Waals surface area contributed by atoms with E-state index in [4.69, 9.17) is 24.6 Å². The monoisotopic (exact) mass is 235 g/mol. The standard InChI is InChI=1S/C4H6ClNS.FHO3S/c1-4(5)2-3-7-6-4;1-5(2,3)4/h2-3,6H,1H3;(H,2,3,4). The van der Waals surface area contributed by atoms with Crippen LogP contribution in [0, 0.1) is 0 Å².